The van der Waals surface area contributed by atoms with Gasteiger partial charge in [0.1, 0.15) is 18.4 Å². The Labute approximate surface area is 153 Å². The highest BCUT2D eigenvalue weighted by Gasteiger charge is 2.21. The lowest BCUT2D eigenvalue weighted by Gasteiger charge is -2.19. The van der Waals surface area contributed by atoms with Crippen LogP contribution in [0, 0.1) is 0 Å². The molecular formula is C17H16ClN5O3. The van der Waals surface area contributed by atoms with Crippen molar-refractivity contribution in [1.82, 2.24) is 24.4 Å². The van der Waals surface area contributed by atoms with E-state index in [0.717, 1.165) is 10.1 Å². The SMILES string of the molecule is Cn1ccnc1[C@@H](NC(=O)Cn1ccc(=O)[nH]c1=O)c1ccc(Cl)cc1. The van der Waals surface area contributed by atoms with Crippen molar-refractivity contribution in [2.24, 2.45) is 7.05 Å². The number of hydrogen-bond acceptors (Lipinski definition) is 4. The van der Waals surface area contributed by atoms with Crippen molar-refractivity contribution >= 4 is 17.5 Å². The van der Waals surface area contributed by atoms with Crippen LogP contribution in [0.15, 0.2) is 58.5 Å². The molecule has 2 N–H and O–H groups in total. The van der Waals surface area contributed by atoms with E-state index in [1.807, 2.05) is 7.05 Å². The molecule has 134 valence electrons. The molecule has 0 saturated heterocycles. The summed E-state index contributed by atoms with van der Waals surface area (Å²) in [7, 11) is 1.82. The fourth-order valence-electron chi connectivity index (χ4n) is 2.54. The number of halogens is 1. The number of nitrogens with one attached hydrogen (secondary N) is 2. The van der Waals surface area contributed by atoms with Crippen LogP contribution in [0.1, 0.15) is 17.4 Å². The van der Waals surface area contributed by atoms with Crippen LogP contribution >= 0.6 is 11.6 Å². The van der Waals surface area contributed by atoms with Crippen LogP contribution in [-0.4, -0.2) is 25.0 Å². The van der Waals surface area contributed by atoms with Crippen LogP contribution < -0.4 is 16.6 Å². The number of rotatable bonds is 5. The molecule has 26 heavy (non-hydrogen) atoms. The fraction of sp³-hybridized carbons (Fsp3) is 0.176. The van der Waals surface area contributed by atoms with Crippen molar-refractivity contribution in [1.29, 1.82) is 0 Å². The summed E-state index contributed by atoms with van der Waals surface area (Å²) < 4.78 is 2.92. The highest BCUT2D eigenvalue weighted by molar-refractivity contribution is 6.30. The molecule has 0 bridgehead atoms. The summed E-state index contributed by atoms with van der Waals surface area (Å²) in [5.74, 6) is 0.233. The Bertz CT molecular complexity index is 1040. The second kappa shape index (κ2) is 7.40. The van der Waals surface area contributed by atoms with Crippen molar-refractivity contribution < 1.29 is 4.79 Å². The molecule has 1 atom stereocenters. The number of carbonyl (C=O) groups is 1. The van der Waals surface area contributed by atoms with E-state index in [4.69, 9.17) is 11.6 Å². The molecule has 3 aromatic rings. The summed E-state index contributed by atoms with van der Waals surface area (Å²) in [5.41, 5.74) is -0.364. The average molecular weight is 374 g/mol. The topological polar surface area (TPSA) is 102 Å². The first-order valence-corrected chi connectivity index (χ1v) is 8.13. The molecule has 1 amide bonds. The van der Waals surface area contributed by atoms with Gasteiger partial charge in [-0.1, -0.05) is 23.7 Å². The van der Waals surface area contributed by atoms with E-state index in [2.05, 4.69) is 15.3 Å². The Kier molecular flexibility index (Phi) is 5.04. The first-order chi connectivity index (χ1) is 12.4. The molecule has 1 aromatic carbocycles. The third-order valence-corrected chi connectivity index (χ3v) is 4.09. The van der Waals surface area contributed by atoms with Gasteiger partial charge in [-0.25, -0.2) is 9.78 Å². The number of aryl methyl sites for hydroxylation is 1. The van der Waals surface area contributed by atoms with E-state index < -0.39 is 23.2 Å². The minimum atomic E-state index is -0.646. The molecule has 0 saturated carbocycles. The first-order valence-electron chi connectivity index (χ1n) is 7.76. The van der Waals surface area contributed by atoms with Gasteiger partial charge in [-0.05, 0) is 17.7 Å². The standard InChI is InChI=1S/C17H16ClN5O3/c1-22-9-7-19-16(22)15(11-2-4-12(18)5-3-11)20-14(25)10-23-8-6-13(24)21-17(23)26/h2-9,15H,10H2,1H3,(H,20,25)(H,21,24,26)/t15-/m0/s1. The van der Waals surface area contributed by atoms with Gasteiger partial charge in [-0.3, -0.25) is 19.1 Å². The molecule has 0 spiro atoms. The van der Waals surface area contributed by atoms with Gasteiger partial charge < -0.3 is 9.88 Å². The number of nitrogens with zero attached hydrogens (tertiary/aromatic N) is 3. The molecule has 0 aliphatic heterocycles. The molecule has 0 radical (unpaired) electrons. The third-order valence-electron chi connectivity index (χ3n) is 3.84. The van der Waals surface area contributed by atoms with Crippen LogP contribution in [0.2, 0.25) is 5.02 Å². The van der Waals surface area contributed by atoms with Gasteiger partial charge >= 0.3 is 5.69 Å². The second-order valence-electron chi connectivity index (χ2n) is 5.69. The smallest absolute Gasteiger partial charge is 0.328 e. The summed E-state index contributed by atoms with van der Waals surface area (Å²) in [5, 5.41) is 3.45. The zero-order valence-corrected chi connectivity index (χ0v) is 14.6. The van der Waals surface area contributed by atoms with E-state index in [1.54, 1.807) is 41.2 Å². The lowest BCUT2D eigenvalue weighted by Crippen LogP contribution is -2.37. The largest absolute Gasteiger partial charge is 0.341 e. The van der Waals surface area contributed by atoms with E-state index >= 15 is 0 Å². The Morgan fingerprint density at radius 2 is 1.96 bits per heavy atom. The second-order valence-corrected chi connectivity index (χ2v) is 6.12. The molecule has 2 aromatic heterocycles. The number of amides is 1. The summed E-state index contributed by atoms with van der Waals surface area (Å²) in [6.45, 7) is -0.232. The first kappa shape index (κ1) is 17.7. The van der Waals surface area contributed by atoms with Crippen molar-refractivity contribution in [2.75, 3.05) is 0 Å². The van der Waals surface area contributed by atoms with Gasteiger partial charge in [0.25, 0.3) is 5.56 Å². The van der Waals surface area contributed by atoms with Gasteiger partial charge in [0.05, 0.1) is 0 Å². The number of benzene rings is 1. The minimum absolute atomic E-state index is 0.232. The maximum absolute atomic E-state index is 12.5. The van der Waals surface area contributed by atoms with Crippen LogP contribution in [-0.2, 0) is 18.4 Å². The number of hydrogen-bond donors (Lipinski definition) is 2. The summed E-state index contributed by atoms with van der Waals surface area (Å²) in [4.78, 5) is 41.8. The highest BCUT2D eigenvalue weighted by atomic mass is 35.5. The Morgan fingerprint density at radius 1 is 1.23 bits per heavy atom. The summed E-state index contributed by atoms with van der Waals surface area (Å²) in [6, 6.07) is 7.72. The van der Waals surface area contributed by atoms with Crippen LogP contribution in [0.25, 0.3) is 0 Å². The van der Waals surface area contributed by atoms with Crippen molar-refractivity contribution in [3.05, 3.63) is 86.2 Å². The monoisotopic (exact) mass is 373 g/mol. The molecule has 2 heterocycles. The van der Waals surface area contributed by atoms with Gasteiger partial charge in [-0.15, -0.1) is 0 Å². The van der Waals surface area contributed by atoms with E-state index in [0.29, 0.717) is 10.8 Å². The number of aromatic amines is 1. The Balaban J connectivity index is 1.87. The predicted octanol–water partition coefficient (Wildman–Crippen LogP) is 0.829. The van der Waals surface area contributed by atoms with Crippen LogP contribution in [0.5, 0.6) is 0 Å². The van der Waals surface area contributed by atoms with Crippen LogP contribution in [0.3, 0.4) is 0 Å². The maximum atomic E-state index is 12.5. The van der Waals surface area contributed by atoms with Crippen molar-refractivity contribution in [2.45, 2.75) is 12.6 Å². The molecule has 8 nitrogen and oxygen atoms in total. The zero-order chi connectivity index (χ0) is 18.7. The molecule has 0 aliphatic rings. The lowest BCUT2D eigenvalue weighted by atomic mass is 10.1. The van der Waals surface area contributed by atoms with Gasteiger partial charge in [0, 0.05) is 36.7 Å². The molecule has 0 unspecified atom stereocenters. The quantitative estimate of drug-likeness (QED) is 0.691. The van der Waals surface area contributed by atoms with E-state index in [-0.39, 0.29) is 6.54 Å². The number of H-pyrrole nitrogens is 1. The fourth-order valence-corrected chi connectivity index (χ4v) is 2.66. The third kappa shape index (κ3) is 3.92. The summed E-state index contributed by atoms with van der Waals surface area (Å²) in [6.07, 6.45) is 4.69. The van der Waals surface area contributed by atoms with Gasteiger partial charge in [0.15, 0.2) is 0 Å². The molecule has 0 fully saturated rings. The molecule has 9 heteroatoms. The lowest BCUT2D eigenvalue weighted by molar-refractivity contribution is -0.122. The normalized spacial score (nSPS) is 11.9. The Morgan fingerprint density at radius 3 is 2.58 bits per heavy atom. The van der Waals surface area contributed by atoms with E-state index in [1.165, 1.54) is 12.3 Å². The minimum Gasteiger partial charge on any atom is -0.341 e. The van der Waals surface area contributed by atoms with Gasteiger partial charge in [-0.2, -0.15) is 0 Å². The number of imidazole rings is 1. The number of aromatic nitrogens is 4. The highest BCUT2D eigenvalue weighted by Crippen LogP contribution is 2.22. The van der Waals surface area contributed by atoms with Crippen molar-refractivity contribution in [3.8, 4) is 0 Å². The molecule has 3 rings (SSSR count). The van der Waals surface area contributed by atoms with Crippen molar-refractivity contribution in [3.63, 3.8) is 0 Å². The van der Waals surface area contributed by atoms with Gasteiger partial charge in [0.2, 0.25) is 5.91 Å². The Hall–Kier alpha value is -3.13. The molecule has 0 aliphatic carbocycles. The summed E-state index contributed by atoms with van der Waals surface area (Å²) >= 11 is 5.94. The molecular weight excluding hydrogens is 358 g/mol. The van der Waals surface area contributed by atoms with Crippen LogP contribution in [0.4, 0.5) is 0 Å². The average Bonchev–Trinajstić information content (AvgIpc) is 3.02. The zero-order valence-electron chi connectivity index (χ0n) is 13.8. The number of carbonyl (C=O) groups excluding carboxylic acids is 1. The van der Waals surface area contributed by atoms with E-state index in [9.17, 15) is 14.4 Å². The predicted molar refractivity (Wildman–Crippen MR) is 96.0 cm³/mol. The maximum Gasteiger partial charge on any atom is 0.328 e.